The number of hydrogen-bond acceptors (Lipinski definition) is 3. The smallest absolute Gasteiger partial charge is 0.221 e. The molecule has 0 radical (unpaired) electrons. The fourth-order valence-electron chi connectivity index (χ4n) is 1.50. The summed E-state index contributed by atoms with van der Waals surface area (Å²) in [7, 11) is 0. The van der Waals surface area contributed by atoms with Crippen LogP contribution in [-0.2, 0) is 4.79 Å². The van der Waals surface area contributed by atoms with Crippen molar-refractivity contribution in [3.05, 3.63) is 24.3 Å². The summed E-state index contributed by atoms with van der Waals surface area (Å²) in [6, 6.07) is 8.00. The van der Waals surface area contributed by atoms with E-state index in [1.807, 2.05) is 24.3 Å². The van der Waals surface area contributed by atoms with Crippen molar-refractivity contribution in [3.63, 3.8) is 0 Å². The minimum Gasteiger partial charge on any atom is -0.397 e. The molecule has 0 aliphatic heterocycles. The van der Waals surface area contributed by atoms with Crippen molar-refractivity contribution in [1.29, 1.82) is 0 Å². The molecular formula is C12H17N3O. The van der Waals surface area contributed by atoms with Gasteiger partial charge in [-0.25, -0.2) is 0 Å². The van der Waals surface area contributed by atoms with Crippen LogP contribution in [-0.4, -0.2) is 18.5 Å². The van der Waals surface area contributed by atoms with Crippen LogP contribution in [0.4, 0.5) is 11.4 Å². The van der Waals surface area contributed by atoms with Crippen LogP contribution in [0.3, 0.4) is 0 Å². The van der Waals surface area contributed by atoms with Crippen LogP contribution < -0.4 is 16.4 Å². The van der Waals surface area contributed by atoms with Gasteiger partial charge in [0.2, 0.25) is 5.91 Å². The van der Waals surface area contributed by atoms with E-state index in [0.29, 0.717) is 24.7 Å². The first-order chi connectivity index (χ1) is 7.75. The summed E-state index contributed by atoms with van der Waals surface area (Å²) in [6.07, 6.45) is 2.75. The van der Waals surface area contributed by atoms with Crippen molar-refractivity contribution in [2.24, 2.45) is 0 Å². The lowest BCUT2D eigenvalue weighted by Gasteiger charge is -2.08. The zero-order valence-corrected chi connectivity index (χ0v) is 9.20. The van der Waals surface area contributed by atoms with Gasteiger partial charge in [-0.05, 0) is 25.0 Å². The third kappa shape index (κ3) is 3.15. The molecule has 2 rings (SSSR count). The second-order valence-corrected chi connectivity index (χ2v) is 4.11. The van der Waals surface area contributed by atoms with Gasteiger partial charge < -0.3 is 16.4 Å². The number of rotatable bonds is 5. The second kappa shape index (κ2) is 4.88. The van der Waals surface area contributed by atoms with Crippen molar-refractivity contribution in [3.8, 4) is 0 Å². The van der Waals surface area contributed by atoms with Crippen molar-refractivity contribution in [1.82, 2.24) is 5.32 Å². The highest BCUT2D eigenvalue weighted by atomic mass is 16.1. The Balaban J connectivity index is 1.70. The quantitative estimate of drug-likeness (QED) is 0.655. The SMILES string of the molecule is Nc1ccccc1NCCC(=O)NC1CC1. The molecule has 1 amide bonds. The topological polar surface area (TPSA) is 67.1 Å². The summed E-state index contributed by atoms with van der Waals surface area (Å²) in [5.41, 5.74) is 7.37. The van der Waals surface area contributed by atoms with E-state index in [0.717, 1.165) is 18.5 Å². The van der Waals surface area contributed by atoms with Gasteiger partial charge in [-0.1, -0.05) is 12.1 Å². The van der Waals surface area contributed by atoms with Gasteiger partial charge in [0.05, 0.1) is 11.4 Å². The predicted octanol–water partition coefficient (Wildman–Crippen LogP) is 1.35. The number of nitrogens with one attached hydrogen (secondary N) is 2. The fraction of sp³-hybridized carbons (Fsp3) is 0.417. The molecule has 1 fully saturated rings. The van der Waals surface area contributed by atoms with Crippen LogP contribution in [0.2, 0.25) is 0 Å². The number of nitrogen functional groups attached to an aromatic ring is 1. The molecule has 0 heterocycles. The Morgan fingerprint density at radius 1 is 1.38 bits per heavy atom. The van der Waals surface area contributed by atoms with Gasteiger partial charge in [-0.3, -0.25) is 4.79 Å². The number of benzene rings is 1. The molecule has 0 bridgehead atoms. The van der Waals surface area contributed by atoms with Crippen LogP contribution in [0.1, 0.15) is 19.3 Å². The lowest BCUT2D eigenvalue weighted by molar-refractivity contribution is -0.120. The summed E-state index contributed by atoms with van der Waals surface area (Å²) in [5.74, 6) is 0.115. The minimum atomic E-state index is 0.115. The standard InChI is InChI=1S/C12H17N3O/c13-10-3-1-2-4-11(10)14-8-7-12(16)15-9-5-6-9/h1-4,9,14H,5-8,13H2,(H,15,16). The van der Waals surface area contributed by atoms with E-state index < -0.39 is 0 Å². The maximum atomic E-state index is 11.4. The molecule has 0 saturated heterocycles. The highest BCUT2D eigenvalue weighted by Crippen LogP contribution is 2.19. The highest BCUT2D eigenvalue weighted by Gasteiger charge is 2.22. The van der Waals surface area contributed by atoms with E-state index in [1.165, 1.54) is 0 Å². The molecule has 1 aliphatic rings. The van der Waals surface area contributed by atoms with E-state index >= 15 is 0 Å². The Bertz CT molecular complexity index is 374. The monoisotopic (exact) mass is 219 g/mol. The maximum Gasteiger partial charge on any atom is 0.221 e. The fourth-order valence-corrected chi connectivity index (χ4v) is 1.50. The molecule has 1 saturated carbocycles. The Hall–Kier alpha value is -1.71. The molecule has 4 nitrogen and oxygen atoms in total. The maximum absolute atomic E-state index is 11.4. The minimum absolute atomic E-state index is 0.115. The van der Waals surface area contributed by atoms with Crippen LogP contribution in [0, 0.1) is 0 Å². The number of para-hydroxylation sites is 2. The van der Waals surface area contributed by atoms with Gasteiger partial charge >= 0.3 is 0 Å². The number of hydrogen-bond donors (Lipinski definition) is 3. The zero-order chi connectivity index (χ0) is 11.4. The first kappa shape index (κ1) is 10.8. The molecule has 1 aromatic rings. The first-order valence-electron chi connectivity index (χ1n) is 5.63. The van der Waals surface area contributed by atoms with Crippen molar-refractivity contribution in [2.45, 2.75) is 25.3 Å². The number of amides is 1. The molecule has 16 heavy (non-hydrogen) atoms. The third-order valence-corrected chi connectivity index (χ3v) is 2.57. The summed E-state index contributed by atoms with van der Waals surface area (Å²) >= 11 is 0. The summed E-state index contributed by atoms with van der Waals surface area (Å²) in [4.78, 5) is 11.4. The molecular weight excluding hydrogens is 202 g/mol. The number of anilines is 2. The van der Waals surface area contributed by atoms with Crippen LogP contribution in [0.5, 0.6) is 0 Å². The van der Waals surface area contributed by atoms with E-state index in [1.54, 1.807) is 0 Å². The van der Waals surface area contributed by atoms with E-state index in [-0.39, 0.29) is 5.91 Å². The van der Waals surface area contributed by atoms with E-state index in [9.17, 15) is 4.79 Å². The van der Waals surface area contributed by atoms with Gasteiger partial charge in [0, 0.05) is 19.0 Å². The van der Waals surface area contributed by atoms with Gasteiger partial charge in [0.15, 0.2) is 0 Å². The predicted molar refractivity (Wildman–Crippen MR) is 65.1 cm³/mol. The van der Waals surface area contributed by atoms with Crippen LogP contribution in [0.25, 0.3) is 0 Å². The summed E-state index contributed by atoms with van der Waals surface area (Å²) in [5, 5.41) is 6.10. The van der Waals surface area contributed by atoms with Crippen molar-refractivity contribution < 1.29 is 4.79 Å². The number of carbonyl (C=O) groups is 1. The Morgan fingerprint density at radius 3 is 2.81 bits per heavy atom. The molecule has 1 aliphatic carbocycles. The zero-order valence-electron chi connectivity index (χ0n) is 9.20. The lowest BCUT2D eigenvalue weighted by Crippen LogP contribution is -2.27. The normalized spacial score (nSPS) is 14.5. The summed E-state index contributed by atoms with van der Waals surface area (Å²) in [6.45, 7) is 0.618. The molecule has 86 valence electrons. The Morgan fingerprint density at radius 2 is 2.12 bits per heavy atom. The molecule has 4 N–H and O–H groups in total. The molecule has 0 aromatic heterocycles. The Kier molecular flexibility index (Phi) is 3.29. The van der Waals surface area contributed by atoms with Crippen molar-refractivity contribution in [2.75, 3.05) is 17.6 Å². The van der Waals surface area contributed by atoms with Gasteiger partial charge in [0.25, 0.3) is 0 Å². The van der Waals surface area contributed by atoms with Gasteiger partial charge in [-0.15, -0.1) is 0 Å². The van der Waals surface area contributed by atoms with E-state index in [2.05, 4.69) is 10.6 Å². The van der Waals surface area contributed by atoms with Gasteiger partial charge in [-0.2, -0.15) is 0 Å². The van der Waals surface area contributed by atoms with Crippen LogP contribution in [0.15, 0.2) is 24.3 Å². The molecule has 0 unspecified atom stereocenters. The lowest BCUT2D eigenvalue weighted by atomic mass is 10.2. The van der Waals surface area contributed by atoms with Gasteiger partial charge in [0.1, 0.15) is 0 Å². The molecule has 4 heteroatoms. The molecule has 0 spiro atoms. The van der Waals surface area contributed by atoms with Crippen molar-refractivity contribution >= 4 is 17.3 Å². The number of carbonyl (C=O) groups excluding carboxylic acids is 1. The second-order valence-electron chi connectivity index (χ2n) is 4.11. The molecule has 1 aromatic carbocycles. The Labute approximate surface area is 95.2 Å². The molecule has 0 atom stereocenters. The highest BCUT2D eigenvalue weighted by molar-refractivity contribution is 5.77. The first-order valence-corrected chi connectivity index (χ1v) is 5.63. The summed E-state index contributed by atoms with van der Waals surface area (Å²) < 4.78 is 0. The third-order valence-electron chi connectivity index (χ3n) is 2.57. The number of nitrogens with two attached hydrogens (primary N) is 1. The van der Waals surface area contributed by atoms with E-state index in [4.69, 9.17) is 5.73 Å². The van der Waals surface area contributed by atoms with Crippen LogP contribution >= 0.6 is 0 Å². The average molecular weight is 219 g/mol. The average Bonchev–Trinajstić information content (AvgIpc) is 3.05. The largest absolute Gasteiger partial charge is 0.397 e.